The standard InChI is InChI=1S/C3H7.2CH3O.CH3.Sn/c1-3-2;2*1-2;;/h1,3H2,2H3;1H3;2H,1H2;1H3;/q;-1;;;+1. The fraction of sp³-hybridized carbons (Fsp3) is 1.00. The van der Waals surface area contributed by atoms with E-state index in [0.717, 1.165) is 10.9 Å². The first-order chi connectivity index (χ1) is 4.18. The van der Waals surface area contributed by atoms with Crippen LogP contribution in [0, 0.1) is 0 Å². The Morgan fingerprint density at radius 1 is 1.56 bits per heavy atom. The zero-order chi connectivity index (χ0) is 7.33. The van der Waals surface area contributed by atoms with Crippen LogP contribution in [0.3, 0.4) is 0 Å². The summed E-state index contributed by atoms with van der Waals surface area (Å²) in [5, 5.41) is 8.88. The van der Waals surface area contributed by atoms with Crippen LogP contribution in [0.5, 0.6) is 0 Å². The molecule has 0 fully saturated rings. The van der Waals surface area contributed by atoms with Crippen molar-refractivity contribution < 1.29 is 8.18 Å². The van der Waals surface area contributed by atoms with E-state index in [2.05, 4.69) is 11.9 Å². The van der Waals surface area contributed by atoms with E-state index in [4.69, 9.17) is 8.18 Å². The third-order valence-electron chi connectivity index (χ3n) is 1.61. The van der Waals surface area contributed by atoms with Crippen molar-refractivity contribution >= 4 is 18.8 Å². The second kappa shape index (κ2) is 4.52. The SMILES string of the molecule is CC[CH2][Sn]([CH3])([CH2]O)[O]C. The first-order valence-corrected chi connectivity index (χ1v) is 11.4. The second-order valence-electron chi connectivity index (χ2n) is 2.56. The quantitative estimate of drug-likeness (QED) is 0.745. The van der Waals surface area contributed by atoms with Crippen LogP contribution in [0.25, 0.3) is 0 Å². The molecule has 0 radical (unpaired) electrons. The molecule has 3 heteroatoms. The molecule has 1 unspecified atom stereocenters. The molecule has 1 N–H and O–H groups in total. The van der Waals surface area contributed by atoms with Gasteiger partial charge in [0.05, 0.1) is 0 Å². The summed E-state index contributed by atoms with van der Waals surface area (Å²) in [6.45, 7) is 2.13. The van der Waals surface area contributed by atoms with Gasteiger partial charge in [0.15, 0.2) is 0 Å². The Kier molecular flexibility index (Phi) is 4.88. The Morgan fingerprint density at radius 3 is 2.22 bits per heavy atom. The number of hydrogen-bond acceptors (Lipinski definition) is 2. The fourth-order valence-corrected chi connectivity index (χ4v) is 5.20. The van der Waals surface area contributed by atoms with Crippen molar-refractivity contribution in [1.82, 2.24) is 0 Å². The van der Waals surface area contributed by atoms with Crippen LogP contribution in [-0.4, -0.2) is 35.6 Å². The van der Waals surface area contributed by atoms with Gasteiger partial charge in [0.25, 0.3) is 0 Å². The minimum atomic E-state index is -2.32. The summed E-state index contributed by atoms with van der Waals surface area (Å²) in [5.74, 6) is 0. The first-order valence-electron chi connectivity index (χ1n) is 3.34. The predicted molar refractivity (Wildman–Crippen MR) is 40.8 cm³/mol. The van der Waals surface area contributed by atoms with E-state index in [1.165, 1.54) is 0 Å². The van der Waals surface area contributed by atoms with Crippen molar-refractivity contribution in [3.8, 4) is 0 Å². The third kappa shape index (κ3) is 3.43. The van der Waals surface area contributed by atoms with Crippen LogP contribution in [-0.2, 0) is 3.07 Å². The van der Waals surface area contributed by atoms with Gasteiger partial charge in [-0.3, -0.25) is 0 Å². The van der Waals surface area contributed by atoms with Crippen molar-refractivity contribution in [2.75, 3.05) is 11.7 Å². The number of aliphatic hydroxyl groups is 1. The van der Waals surface area contributed by atoms with E-state index in [0.29, 0.717) is 4.62 Å². The van der Waals surface area contributed by atoms with Gasteiger partial charge in [-0.1, -0.05) is 0 Å². The monoisotopic (exact) mass is 240 g/mol. The van der Waals surface area contributed by atoms with Crippen LogP contribution in [0.15, 0.2) is 0 Å². The van der Waals surface area contributed by atoms with E-state index in [1.54, 1.807) is 7.11 Å². The van der Waals surface area contributed by atoms with Crippen molar-refractivity contribution in [3.63, 3.8) is 0 Å². The summed E-state index contributed by atoms with van der Waals surface area (Å²) in [6, 6.07) is 0. The number of hydrogen-bond donors (Lipinski definition) is 1. The van der Waals surface area contributed by atoms with Crippen LogP contribution in [0.1, 0.15) is 13.3 Å². The normalized spacial score (nSPS) is 17.3. The molecule has 0 amide bonds. The van der Waals surface area contributed by atoms with Gasteiger partial charge < -0.3 is 0 Å². The average Bonchev–Trinajstić information content (AvgIpc) is 1.89. The van der Waals surface area contributed by atoms with Gasteiger partial charge >= 0.3 is 61.4 Å². The van der Waals surface area contributed by atoms with Gasteiger partial charge in [0, 0.05) is 0 Å². The van der Waals surface area contributed by atoms with E-state index < -0.39 is 18.8 Å². The molecule has 56 valence electrons. The van der Waals surface area contributed by atoms with Gasteiger partial charge in [0.1, 0.15) is 0 Å². The van der Waals surface area contributed by atoms with Gasteiger partial charge in [-0.25, -0.2) is 0 Å². The van der Waals surface area contributed by atoms with E-state index in [-0.39, 0.29) is 0 Å². The molecule has 0 aromatic heterocycles. The topological polar surface area (TPSA) is 29.5 Å². The summed E-state index contributed by atoms with van der Waals surface area (Å²) in [7, 11) is 1.72. The molecule has 0 saturated heterocycles. The molecule has 0 aromatic rings. The number of rotatable bonds is 4. The van der Waals surface area contributed by atoms with Crippen LogP contribution in [0.2, 0.25) is 9.38 Å². The number of aliphatic hydroxyl groups excluding tert-OH is 1. The van der Waals surface area contributed by atoms with E-state index in [1.807, 2.05) is 0 Å². The van der Waals surface area contributed by atoms with Crippen LogP contribution >= 0.6 is 0 Å². The Bertz CT molecular complexity index is 71.5. The van der Waals surface area contributed by atoms with E-state index in [9.17, 15) is 0 Å². The van der Waals surface area contributed by atoms with Gasteiger partial charge in [-0.15, -0.1) is 0 Å². The molecule has 0 saturated carbocycles. The molecule has 0 spiro atoms. The molecule has 1 atom stereocenters. The Balaban J connectivity index is 3.62. The predicted octanol–water partition coefficient (Wildman–Crippen LogP) is 1.15. The first kappa shape index (κ1) is 9.72. The summed E-state index contributed by atoms with van der Waals surface area (Å²) in [4.78, 5) is 2.12. The maximum absolute atomic E-state index is 8.88. The molecule has 0 aliphatic carbocycles. The average molecular weight is 239 g/mol. The van der Waals surface area contributed by atoms with Crippen LogP contribution in [0.4, 0.5) is 0 Å². The summed E-state index contributed by atoms with van der Waals surface area (Å²) < 4.78 is 6.73. The molecule has 0 bridgehead atoms. The summed E-state index contributed by atoms with van der Waals surface area (Å²) in [6.07, 6.45) is 1.14. The summed E-state index contributed by atoms with van der Waals surface area (Å²) >= 11 is -2.32. The Morgan fingerprint density at radius 2 is 2.11 bits per heavy atom. The van der Waals surface area contributed by atoms with Crippen LogP contribution < -0.4 is 0 Å². The fourth-order valence-electron chi connectivity index (χ4n) is 0.775. The molecule has 0 rings (SSSR count). The van der Waals surface area contributed by atoms with E-state index >= 15 is 0 Å². The Hall–Kier alpha value is 0.719. The Labute approximate surface area is 61.6 Å². The molecular weight excluding hydrogens is 223 g/mol. The molecule has 0 aliphatic heterocycles. The maximum atomic E-state index is 8.88. The summed E-state index contributed by atoms with van der Waals surface area (Å²) in [5.41, 5.74) is 0. The molecule has 0 aliphatic rings. The van der Waals surface area contributed by atoms with Crippen molar-refractivity contribution in [3.05, 3.63) is 0 Å². The third-order valence-corrected chi connectivity index (χ3v) is 10.8. The molecule has 0 aromatic carbocycles. The molecule has 0 heterocycles. The van der Waals surface area contributed by atoms with Gasteiger partial charge in [-0.05, 0) is 0 Å². The zero-order valence-electron chi connectivity index (χ0n) is 6.48. The minimum absolute atomic E-state index is 0.318. The molecule has 2 nitrogen and oxygen atoms in total. The van der Waals surface area contributed by atoms with Crippen molar-refractivity contribution in [1.29, 1.82) is 0 Å². The van der Waals surface area contributed by atoms with Gasteiger partial charge in [0.2, 0.25) is 0 Å². The van der Waals surface area contributed by atoms with Crippen molar-refractivity contribution in [2.24, 2.45) is 0 Å². The molecule has 9 heavy (non-hydrogen) atoms. The zero-order valence-corrected chi connectivity index (χ0v) is 9.33. The van der Waals surface area contributed by atoms with Gasteiger partial charge in [-0.2, -0.15) is 0 Å². The van der Waals surface area contributed by atoms with Crippen molar-refractivity contribution in [2.45, 2.75) is 22.7 Å². The molecular formula is C6H16O2Sn. The second-order valence-corrected chi connectivity index (χ2v) is 14.3.